The normalized spacial score (nSPS) is 14.0. The van der Waals surface area contributed by atoms with Crippen LogP contribution in [0.4, 0.5) is 0 Å². The van der Waals surface area contributed by atoms with Gasteiger partial charge < -0.3 is 14.1 Å². The monoisotopic (exact) mass is 320 g/mol. The first kappa shape index (κ1) is 14.5. The smallest absolute Gasteiger partial charge is 0.261 e. The summed E-state index contributed by atoms with van der Waals surface area (Å²) in [4.78, 5) is 18.8. The predicted octanol–water partition coefficient (Wildman–Crippen LogP) is 3.26. The highest BCUT2D eigenvalue weighted by atomic mass is 16.5. The van der Waals surface area contributed by atoms with E-state index in [0.717, 1.165) is 22.5 Å². The van der Waals surface area contributed by atoms with E-state index in [1.165, 1.54) is 0 Å². The van der Waals surface area contributed by atoms with E-state index in [2.05, 4.69) is 4.98 Å². The molecule has 0 bridgehead atoms. The van der Waals surface area contributed by atoms with Crippen LogP contribution in [0.15, 0.2) is 65.5 Å². The summed E-state index contributed by atoms with van der Waals surface area (Å²) in [6, 6.07) is 15.5. The molecule has 1 aliphatic heterocycles. The van der Waals surface area contributed by atoms with Crippen molar-refractivity contribution in [1.82, 2.24) is 9.88 Å². The average molecular weight is 320 g/mol. The van der Waals surface area contributed by atoms with E-state index < -0.39 is 0 Å². The van der Waals surface area contributed by atoms with Gasteiger partial charge in [0, 0.05) is 12.1 Å². The van der Waals surface area contributed by atoms with Crippen LogP contribution in [-0.2, 0) is 17.9 Å². The summed E-state index contributed by atoms with van der Waals surface area (Å²) >= 11 is 0. The minimum atomic E-state index is -0.0401. The van der Waals surface area contributed by atoms with Crippen molar-refractivity contribution in [2.75, 3.05) is 6.61 Å². The standard InChI is InChI=1S/C19H16N2O3/c22-19-13-24-18-7-6-16(15-8-9-23-12-15)20-17(18)11-21(19)10-14-4-2-1-3-5-14/h1-9,12H,10-11,13H2. The van der Waals surface area contributed by atoms with Gasteiger partial charge in [0.25, 0.3) is 5.91 Å². The second kappa shape index (κ2) is 6.20. The van der Waals surface area contributed by atoms with E-state index in [-0.39, 0.29) is 12.5 Å². The molecule has 3 heterocycles. The molecular formula is C19H16N2O3. The topological polar surface area (TPSA) is 55.6 Å². The molecular weight excluding hydrogens is 304 g/mol. The summed E-state index contributed by atoms with van der Waals surface area (Å²) in [7, 11) is 0. The second-order valence-electron chi connectivity index (χ2n) is 5.68. The second-order valence-corrected chi connectivity index (χ2v) is 5.68. The number of pyridine rings is 1. The van der Waals surface area contributed by atoms with Crippen LogP contribution in [0.5, 0.6) is 5.75 Å². The number of fused-ring (bicyclic) bond motifs is 1. The minimum absolute atomic E-state index is 0.0343. The van der Waals surface area contributed by atoms with Gasteiger partial charge in [-0.25, -0.2) is 4.98 Å². The molecule has 0 fully saturated rings. The zero-order chi connectivity index (χ0) is 16.4. The van der Waals surface area contributed by atoms with Gasteiger partial charge >= 0.3 is 0 Å². The van der Waals surface area contributed by atoms with E-state index in [0.29, 0.717) is 18.8 Å². The van der Waals surface area contributed by atoms with Crippen LogP contribution in [0.25, 0.3) is 11.3 Å². The van der Waals surface area contributed by atoms with Gasteiger partial charge in [0.05, 0.1) is 24.8 Å². The Morgan fingerprint density at radius 3 is 2.75 bits per heavy atom. The zero-order valence-electron chi connectivity index (χ0n) is 13.0. The van der Waals surface area contributed by atoms with Crippen LogP contribution in [0, 0.1) is 0 Å². The Morgan fingerprint density at radius 1 is 1.08 bits per heavy atom. The highest BCUT2D eigenvalue weighted by Crippen LogP contribution is 2.27. The molecule has 0 unspecified atom stereocenters. The third-order valence-electron chi connectivity index (χ3n) is 4.01. The van der Waals surface area contributed by atoms with Gasteiger partial charge in [-0.15, -0.1) is 0 Å². The fourth-order valence-corrected chi connectivity index (χ4v) is 2.75. The summed E-state index contributed by atoms with van der Waals surface area (Å²) in [5, 5.41) is 0. The van der Waals surface area contributed by atoms with Gasteiger partial charge in [-0.2, -0.15) is 0 Å². The van der Waals surface area contributed by atoms with Crippen molar-refractivity contribution in [3.8, 4) is 17.0 Å². The maximum Gasteiger partial charge on any atom is 0.261 e. The van der Waals surface area contributed by atoms with Crippen LogP contribution in [0.3, 0.4) is 0 Å². The van der Waals surface area contributed by atoms with Crippen molar-refractivity contribution in [1.29, 1.82) is 0 Å². The molecule has 0 atom stereocenters. The minimum Gasteiger partial charge on any atom is -0.482 e. The number of benzene rings is 1. The SMILES string of the molecule is O=C1COc2ccc(-c3ccoc3)nc2CN1Cc1ccccc1. The lowest BCUT2D eigenvalue weighted by Gasteiger charge is -2.19. The van der Waals surface area contributed by atoms with E-state index in [4.69, 9.17) is 9.15 Å². The Hall–Kier alpha value is -3.08. The number of hydrogen-bond donors (Lipinski definition) is 0. The van der Waals surface area contributed by atoms with Gasteiger partial charge in [0.2, 0.25) is 0 Å². The molecule has 4 rings (SSSR count). The van der Waals surface area contributed by atoms with E-state index in [1.807, 2.05) is 48.5 Å². The molecule has 1 aliphatic rings. The summed E-state index contributed by atoms with van der Waals surface area (Å²) < 4.78 is 10.7. The van der Waals surface area contributed by atoms with Crippen LogP contribution < -0.4 is 4.74 Å². The summed E-state index contributed by atoms with van der Waals surface area (Å²) in [6.07, 6.45) is 3.27. The Morgan fingerprint density at radius 2 is 1.96 bits per heavy atom. The van der Waals surface area contributed by atoms with Crippen LogP contribution in [-0.4, -0.2) is 22.4 Å². The Labute approximate surface area is 139 Å². The molecule has 0 saturated heterocycles. The van der Waals surface area contributed by atoms with Crippen molar-refractivity contribution in [2.24, 2.45) is 0 Å². The number of carbonyl (C=O) groups excluding carboxylic acids is 1. The third kappa shape index (κ3) is 2.88. The number of carbonyl (C=O) groups is 1. The first-order valence-electron chi connectivity index (χ1n) is 7.76. The van der Waals surface area contributed by atoms with Crippen LogP contribution in [0.2, 0.25) is 0 Å². The van der Waals surface area contributed by atoms with Crippen molar-refractivity contribution < 1.29 is 13.9 Å². The van der Waals surface area contributed by atoms with Crippen molar-refractivity contribution in [2.45, 2.75) is 13.1 Å². The number of nitrogens with zero attached hydrogens (tertiary/aromatic N) is 2. The first-order valence-corrected chi connectivity index (χ1v) is 7.76. The van der Waals surface area contributed by atoms with Crippen molar-refractivity contribution in [3.63, 3.8) is 0 Å². The van der Waals surface area contributed by atoms with Crippen LogP contribution in [0.1, 0.15) is 11.3 Å². The maximum atomic E-state index is 12.4. The fourth-order valence-electron chi connectivity index (χ4n) is 2.75. The summed E-state index contributed by atoms with van der Waals surface area (Å²) in [5.74, 6) is 0.618. The number of ether oxygens (including phenoxy) is 1. The van der Waals surface area contributed by atoms with E-state index >= 15 is 0 Å². The van der Waals surface area contributed by atoms with Gasteiger partial charge in [0.15, 0.2) is 6.61 Å². The zero-order valence-corrected chi connectivity index (χ0v) is 13.0. The molecule has 120 valence electrons. The Bertz CT molecular complexity index is 844. The number of aromatic nitrogens is 1. The van der Waals surface area contributed by atoms with Gasteiger partial charge in [-0.1, -0.05) is 30.3 Å². The van der Waals surface area contributed by atoms with E-state index in [1.54, 1.807) is 17.4 Å². The lowest BCUT2D eigenvalue weighted by molar-refractivity contribution is -0.133. The molecule has 0 N–H and O–H groups in total. The lowest BCUT2D eigenvalue weighted by atomic mass is 10.2. The molecule has 1 amide bonds. The average Bonchev–Trinajstić information content (AvgIpc) is 3.10. The highest BCUT2D eigenvalue weighted by Gasteiger charge is 2.23. The Kier molecular flexibility index (Phi) is 3.75. The molecule has 1 aromatic carbocycles. The van der Waals surface area contributed by atoms with E-state index in [9.17, 15) is 4.79 Å². The lowest BCUT2D eigenvalue weighted by Crippen LogP contribution is -2.32. The largest absolute Gasteiger partial charge is 0.482 e. The molecule has 0 radical (unpaired) electrons. The number of amides is 1. The van der Waals surface area contributed by atoms with Gasteiger partial charge in [-0.3, -0.25) is 4.79 Å². The summed E-state index contributed by atoms with van der Waals surface area (Å²) in [5.41, 5.74) is 3.55. The summed E-state index contributed by atoms with van der Waals surface area (Å²) in [6.45, 7) is 1.00. The quantitative estimate of drug-likeness (QED) is 0.743. The number of hydrogen-bond acceptors (Lipinski definition) is 4. The van der Waals surface area contributed by atoms with Crippen LogP contribution >= 0.6 is 0 Å². The maximum absolute atomic E-state index is 12.4. The van der Waals surface area contributed by atoms with Crippen molar-refractivity contribution in [3.05, 3.63) is 72.3 Å². The highest BCUT2D eigenvalue weighted by molar-refractivity contribution is 5.78. The molecule has 24 heavy (non-hydrogen) atoms. The molecule has 0 aliphatic carbocycles. The van der Waals surface area contributed by atoms with Gasteiger partial charge in [-0.05, 0) is 23.8 Å². The number of rotatable bonds is 3. The molecule has 3 aromatic rings. The third-order valence-corrected chi connectivity index (χ3v) is 4.01. The van der Waals surface area contributed by atoms with Crippen molar-refractivity contribution >= 4 is 5.91 Å². The Balaban J connectivity index is 1.63. The molecule has 5 heteroatoms. The molecule has 0 spiro atoms. The fraction of sp³-hybridized carbons (Fsp3) is 0.158. The van der Waals surface area contributed by atoms with Gasteiger partial charge in [0.1, 0.15) is 11.4 Å². The molecule has 5 nitrogen and oxygen atoms in total. The first-order chi connectivity index (χ1) is 11.8. The predicted molar refractivity (Wildman–Crippen MR) is 88.1 cm³/mol. The number of furan rings is 1. The molecule has 2 aromatic heterocycles. The molecule has 0 saturated carbocycles.